The fourth-order valence-corrected chi connectivity index (χ4v) is 1.41. The minimum atomic E-state index is 0.0709. The van der Waals surface area contributed by atoms with Gasteiger partial charge in [0, 0.05) is 13.2 Å². The molecule has 0 saturated heterocycles. The van der Waals surface area contributed by atoms with Gasteiger partial charge < -0.3 is 4.74 Å². The third kappa shape index (κ3) is 10.3. The maximum absolute atomic E-state index is 5.86. The van der Waals surface area contributed by atoms with Crippen LogP contribution in [0.15, 0.2) is 25.3 Å². The molecule has 88 valence electrons. The van der Waals surface area contributed by atoms with Gasteiger partial charge in [-0.2, -0.15) is 0 Å². The summed E-state index contributed by atoms with van der Waals surface area (Å²) in [5, 5.41) is 0.142. The minimum Gasteiger partial charge on any atom is -0.381 e. The van der Waals surface area contributed by atoms with Gasteiger partial charge in [0.25, 0.3) is 0 Å². The number of ether oxygens (including phenoxy) is 1. The van der Waals surface area contributed by atoms with Gasteiger partial charge in [-0.1, -0.05) is 12.2 Å². The summed E-state index contributed by atoms with van der Waals surface area (Å²) in [7, 11) is 0. The van der Waals surface area contributed by atoms with E-state index in [4.69, 9.17) is 27.9 Å². The number of halogens is 2. The molecule has 0 saturated carbocycles. The van der Waals surface area contributed by atoms with Crippen LogP contribution >= 0.6 is 23.2 Å². The Balaban J connectivity index is 3.11. The molecule has 2 unspecified atom stereocenters. The van der Waals surface area contributed by atoms with Crippen molar-refractivity contribution < 1.29 is 4.74 Å². The summed E-state index contributed by atoms with van der Waals surface area (Å²) in [6, 6.07) is 0. The lowest BCUT2D eigenvalue weighted by Crippen LogP contribution is -2.02. The first-order valence-electron chi connectivity index (χ1n) is 5.31. The second-order valence-electron chi connectivity index (χ2n) is 3.40. The van der Waals surface area contributed by atoms with Crippen molar-refractivity contribution in [1.29, 1.82) is 0 Å². The lowest BCUT2D eigenvalue weighted by Gasteiger charge is -2.06. The minimum absolute atomic E-state index is 0.0709. The van der Waals surface area contributed by atoms with E-state index in [-0.39, 0.29) is 10.8 Å². The Labute approximate surface area is 103 Å². The van der Waals surface area contributed by atoms with E-state index in [1.807, 2.05) is 0 Å². The van der Waals surface area contributed by atoms with Crippen molar-refractivity contribution in [2.24, 2.45) is 0 Å². The van der Waals surface area contributed by atoms with Crippen LogP contribution < -0.4 is 0 Å². The molecule has 3 heteroatoms. The van der Waals surface area contributed by atoms with Gasteiger partial charge in [-0.15, -0.1) is 36.4 Å². The summed E-state index contributed by atoms with van der Waals surface area (Å²) in [6.07, 6.45) is 7.32. The van der Waals surface area contributed by atoms with Gasteiger partial charge in [0.2, 0.25) is 0 Å². The molecule has 0 spiro atoms. The molecule has 0 aromatic rings. The van der Waals surface area contributed by atoms with Crippen molar-refractivity contribution in [3.63, 3.8) is 0 Å². The average molecular weight is 251 g/mol. The molecule has 2 atom stereocenters. The van der Waals surface area contributed by atoms with E-state index in [1.54, 1.807) is 12.2 Å². The van der Waals surface area contributed by atoms with Crippen LogP contribution in [0.2, 0.25) is 0 Å². The topological polar surface area (TPSA) is 9.23 Å². The monoisotopic (exact) mass is 250 g/mol. The van der Waals surface area contributed by atoms with E-state index >= 15 is 0 Å². The Kier molecular flexibility index (Phi) is 10.5. The fourth-order valence-electron chi connectivity index (χ4n) is 1.10. The van der Waals surface area contributed by atoms with Gasteiger partial charge in [-0.05, 0) is 25.7 Å². The zero-order chi connectivity index (χ0) is 11.5. The van der Waals surface area contributed by atoms with Crippen LogP contribution in [-0.4, -0.2) is 24.0 Å². The Morgan fingerprint density at radius 1 is 0.933 bits per heavy atom. The van der Waals surface area contributed by atoms with Crippen molar-refractivity contribution in [3.05, 3.63) is 25.3 Å². The van der Waals surface area contributed by atoms with Crippen LogP contribution in [0.25, 0.3) is 0 Å². The van der Waals surface area contributed by atoms with Gasteiger partial charge >= 0.3 is 0 Å². The predicted molar refractivity (Wildman–Crippen MR) is 69.0 cm³/mol. The highest BCUT2D eigenvalue weighted by Gasteiger charge is 1.99. The lowest BCUT2D eigenvalue weighted by atomic mass is 10.2. The molecule has 0 aliphatic heterocycles. The summed E-state index contributed by atoms with van der Waals surface area (Å²) in [5.74, 6) is 0. The molecule has 0 radical (unpaired) electrons. The fraction of sp³-hybridized carbons (Fsp3) is 0.667. The third-order valence-corrected chi connectivity index (χ3v) is 2.84. The number of hydrogen-bond donors (Lipinski definition) is 0. The second kappa shape index (κ2) is 10.5. The first-order valence-corrected chi connectivity index (χ1v) is 6.19. The van der Waals surface area contributed by atoms with Gasteiger partial charge in [0.05, 0.1) is 10.8 Å². The van der Waals surface area contributed by atoms with Crippen LogP contribution in [0.3, 0.4) is 0 Å². The molecule has 0 aliphatic rings. The van der Waals surface area contributed by atoms with Gasteiger partial charge in [0.15, 0.2) is 0 Å². The van der Waals surface area contributed by atoms with Crippen LogP contribution in [0.4, 0.5) is 0 Å². The summed E-state index contributed by atoms with van der Waals surface area (Å²) < 4.78 is 5.44. The zero-order valence-corrected chi connectivity index (χ0v) is 10.6. The molecule has 1 nitrogen and oxygen atoms in total. The quantitative estimate of drug-likeness (QED) is 0.322. The smallest absolute Gasteiger partial charge is 0.0514 e. The molecular formula is C12H20Cl2O. The summed E-state index contributed by atoms with van der Waals surface area (Å²) in [4.78, 5) is 0. The maximum Gasteiger partial charge on any atom is 0.0514 e. The third-order valence-electron chi connectivity index (χ3n) is 2.05. The maximum atomic E-state index is 5.86. The first-order chi connectivity index (χ1) is 7.20. The van der Waals surface area contributed by atoms with E-state index in [0.717, 1.165) is 38.9 Å². The zero-order valence-electron chi connectivity index (χ0n) is 9.13. The molecule has 0 N–H and O–H groups in total. The number of alkyl halides is 2. The molecular weight excluding hydrogens is 231 g/mol. The molecule has 0 aliphatic carbocycles. The molecule has 0 rings (SSSR count). The first kappa shape index (κ1) is 15.0. The van der Waals surface area contributed by atoms with Gasteiger partial charge in [-0.25, -0.2) is 0 Å². The van der Waals surface area contributed by atoms with Crippen molar-refractivity contribution in [3.8, 4) is 0 Å². The molecule has 0 bridgehead atoms. The molecule has 0 aromatic heterocycles. The normalized spacial score (nSPS) is 14.5. The van der Waals surface area contributed by atoms with Crippen LogP contribution in [0.1, 0.15) is 25.7 Å². The number of hydrogen-bond acceptors (Lipinski definition) is 1. The van der Waals surface area contributed by atoms with Crippen molar-refractivity contribution in [1.82, 2.24) is 0 Å². The van der Waals surface area contributed by atoms with Crippen molar-refractivity contribution in [2.75, 3.05) is 13.2 Å². The Morgan fingerprint density at radius 2 is 1.33 bits per heavy atom. The Morgan fingerprint density at radius 3 is 1.67 bits per heavy atom. The SMILES string of the molecule is C=CC(Cl)CCCOCCCC(Cl)C=C. The van der Waals surface area contributed by atoms with Crippen LogP contribution in [0.5, 0.6) is 0 Å². The highest BCUT2D eigenvalue weighted by molar-refractivity contribution is 6.21. The van der Waals surface area contributed by atoms with E-state index in [1.165, 1.54) is 0 Å². The van der Waals surface area contributed by atoms with E-state index in [2.05, 4.69) is 13.2 Å². The van der Waals surface area contributed by atoms with Gasteiger partial charge in [-0.3, -0.25) is 0 Å². The number of allylic oxidation sites excluding steroid dienone is 2. The molecule has 0 fully saturated rings. The van der Waals surface area contributed by atoms with E-state index < -0.39 is 0 Å². The van der Waals surface area contributed by atoms with E-state index in [0.29, 0.717) is 0 Å². The average Bonchev–Trinajstić information content (AvgIpc) is 2.26. The largest absolute Gasteiger partial charge is 0.381 e. The van der Waals surface area contributed by atoms with Crippen LogP contribution in [-0.2, 0) is 4.74 Å². The molecule has 15 heavy (non-hydrogen) atoms. The molecule has 0 aromatic carbocycles. The molecule has 0 amide bonds. The second-order valence-corrected chi connectivity index (χ2v) is 4.52. The highest BCUT2D eigenvalue weighted by Crippen LogP contribution is 2.08. The number of rotatable bonds is 10. The lowest BCUT2D eigenvalue weighted by molar-refractivity contribution is 0.127. The van der Waals surface area contributed by atoms with Crippen LogP contribution in [0, 0.1) is 0 Å². The predicted octanol–water partition coefficient (Wildman–Crippen LogP) is 4.15. The Hall–Kier alpha value is 0.0200. The summed E-state index contributed by atoms with van der Waals surface area (Å²) in [6.45, 7) is 8.77. The highest BCUT2D eigenvalue weighted by atomic mass is 35.5. The van der Waals surface area contributed by atoms with Gasteiger partial charge in [0.1, 0.15) is 0 Å². The van der Waals surface area contributed by atoms with Crippen molar-refractivity contribution >= 4 is 23.2 Å². The molecule has 0 heterocycles. The standard InChI is InChI=1S/C12H20Cl2O/c1-3-11(13)7-5-9-15-10-6-8-12(14)4-2/h3-4,11-12H,1-2,5-10H2. The van der Waals surface area contributed by atoms with E-state index in [9.17, 15) is 0 Å². The summed E-state index contributed by atoms with van der Waals surface area (Å²) >= 11 is 11.7. The van der Waals surface area contributed by atoms with Crippen molar-refractivity contribution in [2.45, 2.75) is 36.4 Å². The Bertz CT molecular complexity index is 153. The summed E-state index contributed by atoms with van der Waals surface area (Å²) in [5.41, 5.74) is 0.